The van der Waals surface area contributed by atoms with Crippen LogP contribution in [-0.4, -0.2) is 40.7 Å². The summed E-state index contributed by atoms with van der Waals surface area (Å²) in [7, 11) is 0. The molecule has 1 saturated heterocycles. The summed E-state index contributed by atoms with van der Waals surface area (Å²) in [5.74, 6) is 0.186. The molecular weight excluding hydrogens is 297 g/mol. The molecule has 5 nitrogen and oxygen atoms in total. The van der Waals surface area contributed by atoms with E-state index in [0.29, 0.717) is 31.3 Å². The summed E-state index contributed by atoms with van der Waals surface area (Å²) in [5.41, 5.74) is 2.40. The minimum Gasteiger partial charge on any atom is -0.370 e. The maximum atomic E-state index is 13.0. The van der Waals surface area contributed by atoms with Gasteiger partial charge in [-0.05, 0) is 36.6 Å². The zero-order chi connectivity index (χ0) is 15.8. The molecule has 2 aromatic rings. The number of nitrogens with zero attached hydrogens (tertiary/aromatic N) is 2. The molecule has 4 rings (SSSR count). The van der Waals surface area contributed by atoms with E-state index >= 15 is 0 Å². The molecule has 2 heterocycles. The second-order valence-corrected chi connectivity index (χ2v) is 6.14. The Kier molecular flexibility index (Phi) is 3.61. The molecule has 1 unspecified atom stereocenters. The van der Waals surface area contributed by atoms with Gasteiger partial charge >= 0.3 is 0 Å². The molecule has 2 fully saturated rings. The Bertz CT molecular complexity index is 709. The molecule has 0 bridgehead atoms. The van der Waals surface area contributed by atoms with E-state index < -0.39 is 0 Å². The zero-order valence-corrected chi connectivity index (χ0v) is 12.7. The Morgan fingerprint density at radius 3 is 2.83 bits per heavy atom. The minimum absolute atomic E-state index is 0.0800. The number of benzene rings is 1. The van der Waals surface area contributed by atoms with E-state index in [1.807, 2.05) is 6.07 Å². The normalized spacial score (nSPS) is 21.4. The molecule has 0 spiro atoms. The van der Waals surface area contributed by atoms with Gasteiger partial charge in [-0.3, -0.25) is 9.89 Å². The molecule has 1 aliphatic carbocycles. The summed E-state index contributed by atoms with van der Waals surface area (Å²) in [4.78, 5) is 14.4. The highest BCUT2D eigenvalue weighted by molar-refractivity contribution is 5.92. The molecule has 1 amide bonds. The number of morpholine rings is 1. The van der Waals surface area contributed by atoms with E-state index in [4.69, 9.17) is 4.74 Å². The summed E-state index contributed by atoms with van der Waals surface area (Å²) in [5, 5.41) is 7.12. The fraction of sp³-hybridized carbons (Fsp3) is 0.412. The van der Waals surface area contributed by atoms with Crippen molar-refractivity contribution in [1.82, 2.24) is 15.1 Å². The fourth-order valence-corrected chi connectivity index (χ4v) is 2.92. The van der Waals surface area contributed by atoms with Gasteiger partial charge in [0, 0.05) is 18.2 Å². The molecule has 1 saturated carbocycles. The number of ether oxygens (including phenoxy) is 1. The van der Waals surface area contributed by atoms with Crippen molar-refractivity contribution in [2.24, 2.45) is 0 Å². The minimum atomic E-state index is -0.276. The summed E-state index contributed by atoms with van der Waals surface area (Å²) < 4.78 is 18.8. The lowest BCUT2D eigenvalue weighted by atomic mass is 10.1. The van der Waals surface area contributed by atoms with Crippen LogP contribution in [0.3, 0.4) is 0 Å². The van der Waals surface area contributed by atoms with E-state index in [9.17, 15) is 9.18 Å². The van der Waals surface area contributed by atoms with Gasteiger partial charge in [0.25, 0.3) is 5.91 Å². The van der Waals surface area contributed by atoms with Gasteiger partial charge in [-0.2, -0.15) is 5.10 Å². The molecule has 1 aromatic heterocycles. The third kappa shape index (κ3) is 2.99. The van der Waals surface area contributed by atoms with Crippen molar-refractivity contribution in [2.75, 3.05) is 19.7 Å². The fourth-order valence-electron chi connectivity index (χ4n) is 2.92. The number of amides is 1. The smallest absolute Gasteiger partial charge is 0.274 e. The molecule has 0 radical (unpaired) electrons. The number of rotatable bonds is 3. The molecule has 120 valence electrons. The van der Waals surface area contributed by atoms with Gasteiger partial charge in [0.15, 0.2) is 0 Å². The van der Waals surface area contributed by atoms with Gasteiger partial charge < -0.3 is 9.64 Å². The Hall–Kier alpha value is -2.21. The monoisotopic (exact) mass is 315 g/mol. The van der Waals surface area contributed by atoms with Gasteiger partial charge in [0.2, 0.25) is 0 Å². The summed E-state index contributed by atoms with van der Waals surface area (Å²) in [6.45, 7) is 1.46. The van der Waals surface area contributed by atoms with Crippen molar-refractivity contribution in [3.8, 4) is 0 Å². The number of aromatic amines is 1. The molecule has 6 heteroatoms. The highest BCUT2D eigenvalue weighted by Gasteiger charge is 2.30. The van der Waals surface area contributed by atoms with E-state index in [1.54, 1.807) is 17.0 Å². The van der Waals surface area contributed by atoms with Crippen LogP contribution in [0.1, 0.15) is 46.6 Å². The van der Waals surface area contributed by atoms with Crippen molar-refractivity contribution >= 4 is 5.91 Å². The third-order valence-electron chi connectivity index (χ3n) is 4.43. The van der Waals surface area contributed by atoms with Crippen molar-refractivity contribution < 1.29 is 13.9 Å². The molecule has 2 aliphatic rings. The first-order chi connectivity index (χ1) is 11.2. The largest absolute Gasteiger partial charge is 0.370 e. The van der Waals surface area contributed by atoms with Crippen LogP contribution in [-0.2, 0) is 4.74 Å². The summed E-state index contributed by atoms with van der Waals surface area (Å²) >= 11 is 0. The van der Waals surface area contributed by atoms with Crippen LogP contribution in [0.5, 0.6) is 0 Å². The lowest BCUT2D eigenvalue weighted by molar-refractivity contribution is -0.0230. The first-order valence-corrected chi connectivity index (χ1v) is 7.92. The highest BCUT2D eigenvalue weighted by atomic mass is 19.1. The van der Waals surface area contributed by atoms with Gasteiger partial charge in [-0.25, -0.2) is 4.39 Å². The second-order valence-electron chi connectivity index (χ2n) is 6.14. The quantitative estimate of drug-likeness (QED) is 0.947. The molecular formula is C17H18FN3O2. The maximum Gasteiger partial charge on any atom is 0.274 e. The first-order valence-electron chi connectivity index (χ1n) is 7.92. The molecule has 1 atom stereocenters. The van der Waals surface area contributed by atoms with Gasteiger partial charge in [0.1, 0.15) is 17.6 Å². The van der Waals surface area contributed by atoms with Crippen LogP contribution in [0, 0.1) is 5.82 Å². The van der Waals surface area contributed by atoms with Crippen LogP contribution in [0.4, 0.5) is 4.39 Å². The van der Waals surface area contributed by atoms with Crippen LogP contribution in [0.15, 0.2) is 30.3 Å². The predicted molar refractivity (Wildman–Crippen MR) is 81.6 cm³/mol. The Morgan fingerprint density at radius 1 is 1.30 bits per heavy atom. The standard InChI is InChI=1S/C17H18FN3O2/c18-13-5-3-12(4-6-13)16-10-21(7-8-23-16)17(22)15-9-14(19-20-15)11-1-2-11/h3-6,9,11,16H,1-2,7-8,10H2,(H,19,20). The Balaban J connectivity index is 1.47. The molecule has 1 aliphatic heterocycles. The first kappa shape index (κ1) is 14.4. The number of hydrogen-bond acceptors (Lipinski definition) is 3. The van der Waals surface area contributed by atoms with Gasteiger partial charge in [-0.1, -0.05) is 12.1 Å². The van der Waals surface area contributed by atoms with Gasteiger partial charge in [0.05, 0.1) is 13.2 Å². The van der Waals surface area contributed by atoms with Crippen molar-refractivity contribution in [1.29, 1.82) is 0 Å². The summed E-state index contributed by atoms with van der Waals surface area (Å²) in [6.07, 6.45) is 2.11. The average Bonchev–Trinajstić information content (AvgIpc) is 3.32. The molecule has 23 heavy (non-hydrogen) atoms. The second kappa shape index (κ2) is 5.77. The SMILES string of the molecule is O=C(c1cc(C2CC2)[nH]n1)N1CCOC(c2ccc(F)cc2)C1. The number of nitrogens with one attached hydrogen (secondary N) is 1. The number of carbonyl (C=O) groups is 1. The average molecular weight is 315 g/mol. The molecule has 1 N–H and O–H groups in total. The number of halogens is 1. The van der Waals surface area contributed by atoms with Crippen LogP contribution in [0.25, 0.3) is 0 Å². The summed E-state index contributed by atoms with van der Waals surface area (Å²) in [6, 6.07) is 8.09. The van der Waals surface area contributed by atoms with Crippen molar-refractivity contribution in [3.05, 3.63) is 53.1 Å². The topological polar surface area (TPSA) is 58.2 Å². The Labute approximate surface area is 133 Å². The maximum absolute atomic E-state index is 13.0. The van der Waals surface area contributed by atoms with Crippen molar-refractivity contribution in [3.63, 3.8) is 0 Å². The van der Waals surface area contributed by atoms with Gasteiger partial charge in [-0.15, -0.1) is 0 Å². The van der Waals surface area contributed by atoms with E-state index in [2.05, 4.69) is 10.2 Å². The lowest BCUT2D eigenvalue weighted by Crippen LogP contribution is -2.42. The predicted octanol–water partition coefficient (Wildman–Crippen LogP) is 2.64. The highest BCUT2D eigenvalue weighted by Crippen LogP contribution is 2.39. The molecule has 1 aromatic carbocycles. The van der Waals surface area contributed by atoms with Crippen LogP contribution >= 0.6 is 0 Å². The Morgan fingerprint density at radius 2 is 2.09 bits per heavy atom. The third-order valence-corrected chi connectivity index (χ3v) is 4.43. The number of aromatic nitrogens is 2. The van der Waals surface area contributed by atoms with Crippen LogP contribution < -0.4 is 0 Å². The van der Waals surface area contributed by atoms with Crippen molar-refractivity contribution in [2.45, 2.75) is 24.9 Å². The lowest BCUT2D eigenvalue weighted by Gasteiger charge is -2.32. The number of carbonyl (C=O) groups excluding carboxylic acids is 1. The van der Waals surface area contributed by atoms with E-state index in [1.165, 1.54) is 25.0 Å². The zero-order valence-electron chi connectivity index (χ0n) is 12.7. The van der Waals surface area contributed by atoms with E-state index in [-0.39, 0.29) is 17.8 Å². The number of hydrogen-bond donors (Lipinski definition) is 1. The van der Waals surface area contributed by atoms with E-state index in [0.717, 1.165) is 11.3 Å². The number of H-pyrrole nitrogens is 1. The van der Waals surface area contributed by atoms with Crippen LogP contribution in [0.2, 0.25) is 0 Å².